The van der Waals surface area contributed by atoms with Crippen LogP contribution in [-0.4, -0.2) is 55.1 Å². The lowest BCUT2D eigenvalue weighted by molar-refractivity contribution is 0.0696. The maximum Gasteiger partial charge on any atom is 0.335 e. The van der Waals surface area contributed by atoms with Crippen molar-refractivity contribution in [1.29, 1.82) is 5.26 Å². The summed E-state index contributed by atoms with van der Waals surface area (Å²) in [5, 5.41) is 24.4. The van der Waals surface area contributed by atoms with Gasteiger partial charge in [-0.15, -0.1) is 0 Å². The smallest absolute Gasteiger partial charge is 0.335 e. The van der Waals surface area contributed by atoms with E-state index in [0.717, 1.165) is 41.0 Å². The molecule has 10 heteroatoms. The summed E-state index contributed by atoms with van der Waals surface area (Å²) in [7, 11) is 0. The van der Waals surface area contributed by atoms with Gasteiger partial charge in [0, 0.05) is 48.7 Å². The first-order valence-electron chi connectivity index (χ1n) is 17.1. The molecule has 4 aromatic rings. The fraction of sp³-hybridized carbons (Fsp3) is 0.541. The van der Waals surface area contributed by atoms with Crippen molar-refractivity contribution in [1.82, 2.24) is 24.3 Å². The van der Waals surface area contributed by atoms with Crippen molar-refractivity contribution in [3.63, 3.8) is 0 Å². The highest BCUT2D eigenvalue weighted by molar-refractivity contribution is 5.90. The molecule has 47 heavy (non-hydrogen) atoms. The van der Waals surface area contributed by atoms with E-state index in [1.807, 2.05) is 27.7 Å². The predicted molar refractivity (Wildman–Crippen MR) is 184 cm³/mol. The molecule has 1 fully saturated rings. The monoisotopic (exact) mass is 639 g/mol. The van der Waals surface area contributed by atoms with Gasteiger partial charge in [0.1, 0.15) is 24.2 Å². The molecule has 1 aromatic carbocycles. The summed E-state index contributed by atoms with van der Waals surface area (Å²) in [5.74, 6) is -0.950. The molecule has 0 spiro atoms. The van der Waals surface area contributed by atoms with Crippen molar-refractivity contribution >= 4 is 22.7 Å². The van der Waals surface area contributed by atoms with Crippen LogP contribution in [0.1, 0.15) is 102 Å². The molecule has 0 saturated carbocycles. The Bertz CT molecular complexity index is 1640. The second-order valence-electron chi connectivity index (χ2n) is 14.2. The Morgan fingerprint density at radius 1 is 0.979 bits per heavy atom. The van der Waals surface area contributed by atoms with Crippen LogP contribution in [0.15, 0.2) is 55.2 Å². The van der Waals surface area contributed by atoms with Crippen LogP contribution in [0, 0.1) is 16.7 Å². The average molecular weight is 640 g/mol. The molecular weight excluding hydrogens is 590 g/mol. The number of carboxylic acids is 1. The highest BCUT2D eigenvalue weighted by Gasteiger charge is 2.45. The Kier molecular flexibility index (Phi) is 11.3. The number of anilines is 1. The zero-order valence-electron chi connectivity index (χ0n) is 28.2. The van der Waals surface area contributed by atoms with Gasteiger partial charge in [-0.25, -0.2) is 14.8 Å². The van der Waals surface area contributed by atoms with Gasteiger partial charge in [0.05, 0.1) is 29.9 Å². The van der Waals surface area contributed by atoms with Gasteiger partial charge in [0.2, 0.25) is 0 Å². The summed E-state index contributed by atoms with van der Waals surface area (Å²) in [4.78, 5) is 22.5. The second-order valence-corrected chi connectivity index (χ2v) is 14.2. The minimum absolute atomic E-state index is 0.250. The lowest BCUT2D eigenvalue weighted by Gasteiger charge is -2.50. The maximum atomic E-state index is 11.2. The third-order valence-electron chi connectivity index (χ3n) is 9.20. The number of rotatable bonds is 18. The van der Waals surface area contributed by atoms with Gasteiger partial charge in [-0.1, -0.05) is 72.1 Å². The Morgan fingerprint density at radius 2 is 1.66 bits per heavy atom. The van der Waals surface area contributed by atoms with Gasteiger partial charge in [0.15, 0.2) is 0 Å². The van der Waals surface area contributed by atoms with Crippen LogP contribution in [0.4, 0.5) is 5.69 Å². The van der Waals surface area contributed by atoms with E-state index in [1.54, 1.807) is 36.8 Å². The number of hydrogen-bond acceptors (Lipinski definition) is 7. The fourth-order valence-corrected chi connectivity index (χ4v) is 6.45. The Labute approximate surface area is 278 Å². The van der Waals surface area contributed by atoms with Crippen LogP contribution in [0.3, 0.4) is 0 Å². The molecule has 1 aliphatic heterocycles. The largest absolute Gasteiger partial charge is 0.478 e. The van der Waals surface area contributed by atoms with Gasteiger partial charge in [-0.05, 0) is 48.6 Å². The summed E-state index contributed by atoms with van der Waals surface area (Å²) in [5.41, 5.74) is 3.63. The first kappa shape index (κ1) is 34.1. The summed E-state index contributed by atoms with van der Waals surface area (Å²) >= 11 is 0. The van der Waals surface area contributed by atoms with Crippen LogP contribution in [0.25, 0.3) is 22.3 Å². The minimum atomic E-state index is -0.950. The number of nitrogens with zero attached hydrogens (tertiary/aromatic N) is 7. The SMILES string of the molecule is CC(C)(C)CCCCCCCCCCCOCn1ccc2c(-c3cnn(C4(CC#N)CN(c5ccc(C(=O)O)cc5)C4)c3)ncnc21. The Morgan fingerprint density at radius 3 is 2.32 bits per heavy atom. The molecule has 0 atom stereocenters. The minimum Gasteiger partial charge on any atom is -0.478 e. The van der Waals surface area contributed by atoms with Crippen LogP contribution in [-0.2, 0) is 17.0 Å². The van der Waals surface area contributed by atoms with E-state index in [4.69, 9.17) is 4.74 Å². The number of unbranched alkanes of at least 4 members (excludes halogenated alkanes) is 8. The average Bonchev–Trinajstić information content (AvgIpc) is 3.69. The molecule has 1 saturated heterocycles. The first-order valence-corrected chi connectivity index (χ1v) is 17.1. The number of aromatic nitrogens is 5. The van der Waals surface area contributed by atoms with E-state index in [-0.39, 0.29) is 5.56 Å². The zero-order valence-corrected chi connectivity index (χ0v) is 28.2. The van der Waals surface area contributed by atoms with Crippen LogP contribution in [0.2, 0.25) is 0 Å². The molecule has 0 bridgehead atoms. The van der Waals surface area contributed by atoms with Gasteiger partial charge in [-0.2, -0.15) is 10.4 Å². The van der Waals surface area contributed by atoms with E-state index in [2.05, 4.69) is 46.8 Å². The molecule has 250 valence electrons. The van der Waals surface area contributed by atoms with Crippen molar-refractivity contribution < 1.29 is 14.6 Å². The van der Waals surface area contributed by atoms with Crippen LogP contribution < -0.4 is 4.90 Å². The quantitative estimate of drug-likeness (QED) is 0.109. The molecule has 0 aliphatic carbocycles. The van der Waals surface area contributed by atoms with E-state index in [0.29, 0.717) is 31.7 Å². The highest BCUT2D eigenvalue weighted by Crippen LogP contribution is 2.37. The summed E-state index contributed by atoms with van der Waals surface area (Å²) < 4.78 is 9.92. The van der Waals surface area contributed by atoms with E-state index >= 15 is 0 Å². The molecular formula is C37H49N7O3. The molecule has 0 radical (unpaired) electrons. The summed E-state index contributed by atoms with van der Waals surface area (Å²) in [6.07, 6.45) is 20.6. The first-order chi connectivity index (χ1) is 22.7. The maximum absolute atomic E-state index is 11.2. The van der Waals surface area contributed by atoms with Gasteiger partial charge < -0.3 is 19.3 Å². The molecule has 0 unspecified atom stereocenters. The van der Waals surface area contributed by atoms with Crippen molar-refractivity contribution in [2.75, 3.05) is 24.6 Å². The van der Waals surface area contributed by atoms with Crippen LogP contribution >= 0.6 is 0 Å². The molecule has 1 N–H and O–H groups in total. The van der Waals surface area contributed by atoms with Crippen LogP contribution in [0.5, 0.6) is 0 Å². The number of carbonyl (C=O) groups is 1. The van der Waals surface area contributed by atoms with E-state index in [9.17, 15) is 15.2 Å². The van der Waals surface area contributed by atoms with Gasteiger partial charge in [-0.3, -0.25) is 4.68 Å². The number of aromatic carboxylic acids is 1. The Hall–Kier alpha value is -4.23. The summed E-state index contributed by atoms with van der Waals surface area (Å²) in [6.45, 7) is 9.36. The third-order valence-corrected chi connectivity index (χ3v) is 9.20. The molecule has 1 aliphatic rings. The van der Waals surface area contributed by atoms with Crippen molar-refractivity contribution in [2.24, 2.45) is 5.41 Å². The Balaban J connectivity index is 1.08. The lowest BCUT2D eigenvalue weighted by Crippen LogP contribution is -2.63. The van der Waals surface area contributed by atoms with E-state index in [1.165, 1.54) is 57.8 Å². The van der Waals surface area contributed by atoms with Crippen molar-refractivity contribution in [3.8, 4) is 17.3 Å². The topological polar surface area (TPSA) is 122 Å². The molecule has 4 heterocycles. The fourth-order valence-electron chi connectivity index (χ4n) is 6.45. The predicted octanol–water partition coefficient (Wildman–Crippen LogP) is 8.04. The van der Waals surface area contributed by atoms with Gasteiger partial charge in [0.25, 0.3) is 0 Å². The number of ether oxygens (including phenoxy) is 1. The second kappa shape index (κ2) is 15.6. The van der Waals surface area contributed by atoms with Crippen molar-refractivity contribution in [2.45, 2.75) is 104 Å². The zero-order chi connectivity index (χ0) is 33.3. The molecule has 0 amide bonds. The normalized spacial score (nSPS) is 14.3. The lowest BCUT2D eigenvalue weighted by atomic mass is 9.86. The standard InChI is InChI=1S/C37H49N7O3/c1-36(2,3)18-11-9-7-5-4-6-8-10-12-22-47-28-42-21-17-32-33(39-27-40-34(32)42)30-23-41-44(24-30)37(19-20-38)25-43(26-37)31-15-13-29(14-16-31)35(45)46/h13-17,21,23-24,27H,4-12,18-19,22,25-26,28H2,1-3H3,(H,45,46). The number of fused-ring (bicyclic) bond motifs is 1. The van der Waals surface area contributed by atoms with Gasteiger partial charge >= 0.3 is 5.97 Å². The number of benzene rings is 1. The number of carboxylic acid groups (broad SMARTS) is 1. The summed E-state index contributed by atoms with van der Waals surface area (Å²) in [6, 6.07) is 11.2. The number of hydrogen-bond donors (Lipinski definition) is 1. The molecule has 3 aromatic heterocycles. The number of nitriles is 1. The highest BCUT2D eigenvalue weighted by atomic mass is 16.5. The van der Waals surface area contributed by atoms with E-state index < -0.39 is 11.5 Å². The van der Waals surface area contributed by atoms with Crippen molar-refractivity contribution in [3.05, 3.63) is 60.8 Å². The third kappa shape index (κ3) is 8.77. The molecule has 10 nitrogen and oxygen atoms in total. The molecule has 5 rings (SSSR count).